The second-order valence-electron chi connectivity index (χ2n) is 10.6. The Labute approximate surface area is 222 Å². The van der Waals surface area contributed by atoms with Gasteiger partial charge in [-0.05, 0) is 67.8 Å². The third-order valence-corrected chi connectivity index (χ3v) is 9.39. The largest absolute Gasteiger partial charge is 0.340 e. The molecule has 1 aromatic heterocycles. The maximum atomic E-state index is 14.4. The monoisotopic (exact) mass is 538 g/mol. The number of benzene rings is 2. The average molecular weight is 539 g/mol. The summed E-state index contributed by atoms with van der Waals surface area (Å²) >= 11 is 1.20. The van der Waals surface area contributed by atoms with Crippen molar-refractivity contribution >= 4 is 44.8 Å². The first-order chi connectivity index (χ1) is 18.2. The van der Waals surface area contributed by atoms with Gasteiger partial charge in [-0.25, -0.2) is 8.78 Å². The molecule has 198 valence electrons. The number of hydrogen-bond donors (Lipinski definition) is 3. The van der Waals surface area contributed by atoms with E-state index < -0.39 is 29.3 Å². The maximum Gasteiger partial charge on any atom is 0.262 e. The van der Waals surface area contributed by atoms with Crippen molar-refractivity contribution in [1.29, 1.82) is 0 Å². The number of likely N-dealkylation sites (tertiary alicyclic amines) is 1. The Kier molecular flexibility index (Phi) is 5.99. The lowest BCUT2D eigenvalue weighted by atomic mass is 9.80. The zero-order valence-electron chi connectivity index (χ0n) is 21.1. The van der Waals surface area contributed by atoms with Crippen molar-refractivity contribution in [3.05, 3.63) is 64.0 Å². The lowest BCUT2D eigenvalue weighted by Crippen LogP contribution is -2.53. The molecule has 3 amide bonds. The number of thiophene rings is 1. The van der Waals surface area contributed by atoms with Crippen LogP contribution in [0.5, 0.6) is 0 Å². The minimum atomic E-state index is -1.07. The third-order valence-electron chi connectivity index (χ3n) is 8.13. The van der Waals surface area contributed by atoms with Crippen LogP contribution in [0.25, 0.3) is 10.1 Å². The van der Waals surface area contributed by atoms with Crippen molar-refractivity contribution in [2.75, 3.05) is 18.9 Å². The molecule has 2 aromatic carbocycles. The van der Waals surface area contributed by atoms with E-state index in [9.17, 15) is 23.2 Å². The minimum Gasteiger partial charge on any atom is -0.340 e. The van der Waals surface area contributed by atoms with Crippen molar-refractivity contribution in [3.63, 3.8) is 0 Å². The van der Waals surface area contributed by atoms with Gasteiger partial charge in [-0.2, -0.15) is 0 Å². The van der Waals surface area contributed by atoms with Crippen LogP contribution in [0, 0.1) is 24.5 Å². The number of nitrogens with zero attached hydrogens (tertiary/aromatic N) is 1. The maximum absolute atomic E-state index is 14.4. The van der Waals surface area contributed by atoms with Crippen LogP contribution in [-0.2, 0) is 15.0 Å². The zero-order chi connectivity index (χ0) is 26.8. The number of aryl methyl sites for hydroxylation is 1. The van der Waals surface area contributed by atoms with E-state index in [0.717, 1.165) is 12.8 Å². The highest BCUT2D eigenvalue weighted by Crippen LogP contribution is 2.46. The number of amides is 3. The number of rotatable bonds is 6. The van der Waals surface area contributed by atoms with E-state index in [1.54, 1.807) is 37.1 Å². The Hall–Kier alpha value is -3.37. The van der Waals surface area contributed by atoms with Gasteiger partial charge >= 0.3 is 0 Å². The van der Waals surface area contributed by atoms with E-state index in [-0.39, 0.29) is 30.6 Å². The molecule has 6 rings (SSSR count). The van der Waals surface area contributed by atoms with Crippen LogP contribution in [-0.4, -0.2) is 48.4 Å². The normalized spacial score (nSPS) is 23.1. The van der Waals surface area contributed by atoms with Crippen molar-refractivity contribution in [3.8, 4) is 0 Å². The molecule has 10 heteroatoms. The molecule has 1 saturated heterocycles. The summed E-state index contributed by atoms with van der Waals surface area (Å²) in [4.78, 5) is 42.6. The van der Waals surface area contributed by atoms with Gasteiger partial charge in [0.1, 0.15) is 17.7 Å². The number of anilines is 1. The molecule has 1 saturated carbocycles. The first kappa shape index (κ1) is 24.9. The molecule has 2 aliphatic heterocycles. The van der Waals surface area contributed by atoms with Gasteiger partial charge < -0.3 is 20.9 Å². The molecule has 3 atom stereocenters. The summed E-state index contributed by atoms with van der Waals surface area (Å²) in [6.07, 6.45) is 2.28. The summed E-state index contributed by atoms with van der Waals surface area (Å²) in [6.45, 7) is 1.79. The lowest BCUT2D eigenvalue weighted by Gasteiger charge is -2.29. The molecule has 0 unspecified atom stereocenters. The fraction of sp³-hybridized carbons (Fsp3) is 0.393. The summed E-state index contributed by atoms with van der Waals surface area (Å²) in [5.74, 6) is -1.46. The van der Waals surface area contributed by atoms with E-state index >= 15 is 0 Å². The van der Waals surface area contributed by atoms with Gasteiger partial charge in [0.15, 0.2) is 0 Å². The Morgan fingerprint density at radius 3 is 2.74 bits per heavy atom. The molecule has 7 nitrogen and oxygen atoms in total. The third kappa shape index (κ3) is 3.97. The summed E-state index contributed by atoms with van der Waals surface area (Å²) in [5, 5.41) is 9.33. The van der Waals surface area contributed by atoms with E-state index in [1.807, 2.05) is 0 Å². The van der Waals surface area contributed by atoms with Gasteiger partial charge in [0.05, 0.1) is 16.5 Å². The predicted octanol–water partition coefficient (Wildman–Crippen LogP) is 4.05. The van der Waals surface area contributed by atoms with Crippen LogP contribution in [0.4, 0.5) is 14.5 Å². The predicted molar refractivity (Wildman–Crippen MR) is 141 cm³/mol. The summed E-state index contributed by atoms with van der Waals surface area (Å²) in [5.41, 5.74) is 0.571. The molecular formula is C28H28F2N4O3S. The molecule has 3 aliphatic rings. The highest BCUT2D eigenvalue weighted by Gasteiger charge is 2.56. The van der Waals surface area contributed by atoms with Gasteiger partial charge in [-0.3, -0.25) is 14.4 Å². The SMILES string of the molecule is CN[C@@H]1C[C@@]2(CN1C(=O)[C@H](CC1CC1)NC(=O)c1sc3cccc(F)c3c1C)C(=O)Nc1ccc(F)cc12. The van der Waals surface area contributed by atoms with E-state index in [2.05, 4.69) is 16.0 Å². The first-order valence-electron chi connectivity index (χ1n) is 12.8. The second kappa shape index (κ2) is 9.13. The molecule has 2 fully saturated rings. The summed E-state index contributed by atoms with van der Waals surface area (Å²) in [6, 6.07) is 8.16. The first-order valence-corrected chi connectivity index (χ1v) is 13.6. The number of nitrogens with one attached hydrogen (secondary N) is 3. The van der Waals surface area contributed by atoms with E-state index in [1.165, 1.54) is 29.5 Å². The van der Waals surface area contributed by atoms with Crippen molar-refractivity contribution in [2.24, 2.45) is 5.92 Å². The van der Waals surface area contributed by atoms with E-state index in [0.29, 0.717) is 44.1 Å². The number of halogens is 2. The fourth-order valence-corrected chi connectivity index (χ4v) is 7.07. The molecule has 1 spiro atoms. The van der Waals surface area contributed by atoms with Crippen molar-refractivity contribution < 1.29 is 23.2 Å². The molecule has 1 aliphatic carbocycles. The fourth-order valence-electron chi connectivity index (χ4n) is 5.94. The molecular weight excluding hydrogens is 510 g/mol. The standard InChI is InChI=1S/C28H28F2N4O3S/c1-14-23-18(30)4-3-5-21(23)38-24(14)25(35)32-20(10-15-6-7-15)26(36)34-13-28(12-22(34)31-2)17-11-16(29)8-9-19(17)33-27(28)37/h3-5,8-9,11,15,20,22,31H,6-7,10,12-13H2,1-2H3,(H,32,35)(H,33,37)/t20-,22-,28-/m0/s1. The Bertz CT molecular complexity index is 1490. The van der Waals surface area contributed by atoms with Crippen molar-refractivity contribution in [2.45, 2.75) is 50.2 Å². The topological polar surface area (TPSA) is 90.5 Å². The molecule has 0 bridgehead atoms. The lowest BCUT2D eigenvalue weighted by molar-refractivity contribution is -0.135. The minimum absolute atomic E-state index is 0.0732. The van der Waals surface area contributed by atoms with Gasteiger partial charge in [0, 0.05) is 28.7 Å². The van der Waals surface area contributed by atoms with Crippen LogP contribution < -0.4 is 16.0 Å². The molecule has 3 aromatic rings. The summed E-state index contributed by atoms with van der Waals surface area (Å²) < 4.78 is 29.3. The Morgan fingerprint density at radius 2 is 2.03 bits per heavy atom. The second-order valence-corrected chi connectivity index (χ2v) is 11.6. The van der Waals surface area contributed by atoms with Crippen molar-refractivity contribution in [1.82, 2.24) is 15.5 Å². The Morgan fingerprint density at radius 1 is 1.24 bits per heavy atom. The number of carbonyl (C=O) groups excluding carboxylic acids is 3. The zero-order valence-corrected chi connectivity index (χ0v) is 21.9. The highest BCUT2D eigenvalue weighted by atomic mass is 32.1. The van der Waals surface area contributed by atoms with Crippen LogP contribution in [0.2, 0.25) is 0 Å². The smallest absolute Gasteiger partial charge is 0.262 e. The van der Waals surface area contributed by atoms with Crippen LogP contribution >= 0.6 is 11.3 Å². The van der Waals surface area contributed by atoms with Crippen LogP contribution in [0.1, 0.15) is 46.5 Å². The van der Waals surface area contributed by atoms with Crippen LogP contribution in [0.15, 0.2) is 36.4 Å². The van der Waals surface area contributed by atoms with E-state index in [4.69, 9.17) is 0 Å². The van der Waals surface area contributed by atoms with Crippen LogP contribution in [0.3, 0.4) is 0 Å². The molecule has 0 radical (unpaired) electrons. The number of carbonyl (C=O) groups is 3. The molecule has 3 N–H and O–H groups in total. The van der Waals surface area contributed by atoms with Gasteiger partial charge in [-0.15, -0.1) is 11.3 Å². The molecule has 38 heavy (non-hydrogen) atoms. The quantitative estimate of drug-likeness (QED) is 0.442. The average Bonchev–Trinajstić information content (AvgIpc) is 3.43. The number of hydrogen-bond acceptors (Lipinski definition) is 5. The Balaban J connectivity index is 1.29. The van der Waals surface area contributed by atoms with Gasteiger partial charge in [0.25, 0.3) is 5.91 Å². The summed E-state index contributed by atoms with van der Waals surface area (Å²) in [7, 11) is 1.72. The number of fused-ring (bicyclic) bond motifs is 3. The highest BCUT2D eigenvalue weighted by molar-refractivity contribution is 7.21. The molecule has 3 heterocycles. The van der Waals surface area contributed by atoms with Gasteiger partial charge in [0.2, 0.25) is 11.8 Å². The van der Waals surface area contributed by atoms with Gasteiger partial charge in [-0.1, -0.05) is 18.9 Å².